The number of esters is 1. The molecular weight excluding hydrogens is 212 g/mol. The van der Waals surface area contributed by atoms with Crippen molar-refractivity contribution in [3.63, 3.8) is 0 Å². The third-order valence-corrected chi connectivity index (χ3v) is 5.07. The normalized spacial score (nSPS) is 41.4. The van der Waals surface area contributed by atoms with E-state index in [1.54, 1.807) is 32.1 Å². The van der Waals surface area contributed by atoms with Crippen LogP contribution in [0.5, 0.6) is 0 Å². The fourth-order valence-electron chi connectivity index (χ4n) is 4.28. The molecule has 4 aliphatic carbocycles. The molecule has 0 unspecified atom stereocenters. The summed E-state index contributed by atoms with van der Waals surface area (Å²) in [6.45, 7) is 5.66. The van der Waals surface area contributed by atoms with E-state index in [-0.39, 0.29) is 0 Å². The van der Waals surface area contributed by atoms with Crippen molar-refractivity contribution >= 4 is 5.97 Å². The lowest BCUT2D eigenvalue weighted by Gasteiger charge is -2.53. The van der Waals surface area contributed by atoms with Gasteiger partial charge in [-0.1, -0.05) is 13.5 Å². The van der Waals surface area contributed by atoms with Crippen molar-refractivity contribution in [3.8, 4) is 0 Å². The molecule has 0 aliphatic heterocycles. The zero-order valence-corrected chi connectivity index (χ0v) is 11.0. The Kier molecular flexibility index (Phi) is 3.90. The lowest BCUT2D eigenvalue weighted by molar-refractivity contribution is -0.134. The van der Waals surface area contributed by atoms with E-state index in [0.717, 1.165) is 35.7 Å². The molecule has 0 aromatic rings. The lowest BCUT2D eigenvalue weighted by Crippen LogP contribution is -2.43. The molecule has 0 aromatic carbocycles. The van der Waals surface area contributed by atoms with Crippen LogP contribution in [0.1, 0.15) is 39.0 Å². The van der Waals surface area contributed by atoms with E-state index in [4.69, 9.17) is 0 Å². The van der Waals surface area contributed by atoms with E-state index in [1.807, 2.05) is 0 Å². The van der Waals surface area contributed by atoms with Gasteiger partial charge in [-0.25, -0.2) is 4.79 Å². The Morgan fingerprint density at radius 2 is 1.59 bits per heavy atom. The second-order valence-electron chi connectivity index (χ2n) is 6.02. The lowest BCUT2D eigenvalue weighted by atomic mass is 9.52. The summed E-state index contributed by atoms with van der Waals surface area (Å²) in [4.78, 5) is 9.84. The van der Waals surface area contributed by atoms with Crippen LogP contribution in [0, 0.1) is 29.6 Å². The summed E-state index contributed by atoms with van der Waals surface area (Å²) < 4.78 is 4.14. The van der Waals surface area contributed by atoms with Crippen LogP contribution in [-0.4, -0.2) is 13.1 Å². The van der Waals surface area contributed by atoms with Crippen LogP contribution in [0.3, 0.4) is 0 Å². The molecular formula is C15H24O2. The Morgan fingerprint density at radius 3 is 1.88 bits per heavy atom. The molecule has 0 radical (unpaired) electrons. The zero-order chi connectivity index (χ0) is 12.4. The number of carbonyl (C=O) groups excluding carboxylic acids is 1. The molecule has 0 saturated heterocycles. The SMILES string of the molecule is C=CC(=O)OC.CC1C2CC3CC(C2)CC1C3. The second-order valence-corrected chi connectivity index (χ2v) is 6.02. The van der Waals surface area contributed by atoms with Gasteiger partial charge >= 0.3 is 5.97 Å². The molecule has 0 atom stereocenters. The number of rotatable bonds is 1. The van der Waals surface area contributed by atoms with Gasteiger partial charge in [0.25, 0.3) is 0 Å². The standard InChI is InChI=1S/C11H18.C4H6O2/c1-7-10-3-8-2-9(5-10)6-11(7)4-8;1-3-4(5)6-2/h7-11H,2-6H2,1H3;3H,1H2,2H3. The number of ether oxygens (including phenoxy) is 1. The Hall–Kier alpha value is -0.790. The number of hydrogen-bond acceptors (Lipinski definition) is 2. The van der Waals surface area contributed by atoms with Gasteiger partial charge in [0.1, 0.15) is 0 Å². The summed E-state index contributed by atoms with van der Waals surface area (Å²) in [5.74, 6) is 5.30. The number of methoxy groups -OCH3 is 1. The molecule has 0 amide bonds. The van der Waals surface area contributed by atoms with Crippen LogP contribution in [0.4, 0.5) is 0 Å². The summed E-state index contributed by atoms with van der Waals surface area (Å²) >= 11 is 0. The molecule has 4 saturated carbocycles. The van der Waals surface area contributed by atoms with Crippen LogP contribution < -0.4 is 0 Å². The highest BCUT2D eigenvalue weighted by Gasteiger charge is 2.45. The van der Waals surface area contributed by atoms with E-state index in [1.165, 1.54) is 7.11 Å². The van der Waals surface area contributed by atoms with Crippen molar-refractivity contribution in [2.24, 2.45) is 29.6 Å². The first-order chi connectivity index (χ1) is 8.13. The summed E-state index contributed by atoms with van der Waals surface area (Å²) in [6, 6.07) is 0. The Morgan fingerprint density at radius 1 is 1.12 bits per heavy atom. The minimum Gasteiger partial charge on any atom is -0.466 e. The molecule has 4 aliphatic rings. The van der Waals surface area contributed by atoms with Crippen LogP contribution in [0.15, 0.2) is 12.7 Å². The molecule has 96 valence electrons. The highest BCUT2D eigenvalue weighted by molar-refractivity contribution is 5.80. The molecule has 4 rings (SSSR count). The molecule has 17 heavy (non-hydrogen) atoms. The zero-order valence-electron chi connectivity index (χ0n) is 11.0. The summed E-state index contributed by atoms with van der Waals surface area (Å²) in [7, 11) is 1.31. The predicted molar refractivity (Wildman–Crippen MR) is 68.4 cm³/mol. The van der Waals surface area contributed by atoms with Gasteiger partial charge in [0.05, 0.1) is 7.11 Å². The van der Waals surface area contributed by atoms with Gasteiger partial charge in [-0.2, -0.15) is 0 Å². The van der Waals surface area contributed by atoms with Gasteiger partial charge in [-0.3, -0.25) is 0 Å². The van der Waals surface area contributed by atoms with Crippen molar-refractivity contribution in [2.45, 2.75) is 39.0 Å². The molecule has 4 fully saturated rings. The first-order valence-electron chi connectivity index (χ1n) is 6.84. The Balaban J connectivity index is 0.000000157. The molecule has 0 spiro atoms. The van der Waals surface area contributed by atoms with E-state index < -0.39 is 5.97 Å². The molecule has 0 heterocycles. The van der Waals surface area contributed by atoms with Crippen LogP contribution >= 0.6 is 0 Å². The average Bonchev–Trinajstić information content (AvgIpc) is 2.34. The van der Waals surface area contributed by atoms with Crippen molar-refractivity contribution in [3.05, 3.63) is 12.7 Å². The van der Waals surface area contributed by atoms with Gasteiger partial charge in [0.15, 0.2) is 0 Å². The monoisotopic (exact) mass is 236 g/mol. The minimum atomic E-state index is -0.394. The fraction of sp³-hybridized carbons (Fsp3) is 0.800. The number of carbonyl (C=O) groups is 1. The summed E-state index contributed by atoms with van der Waals surface area (Å²) in [6.07, 6.45) is 9.07. The van der Waals surface area contributed by atoms with Gasteiger partial charge < -0.3 is 4.74 Å². The maximum Gasteiger partial charge on any atom is 0.329 e. The molecule has 0 N–H and O–H groups in total. The maximum absolute atomic E-state index is 9.84. The van der Waals surface area contributed by atoms with E-state index >= 15 is 0 Å². The van der Waals surface area contributed by atoms with E-state index in [9.17, 15) is 4.79 Å². The molecule has 2 nitrogen and oxygen atoms in total. The minimum absolute atomic E-state index is 0.394. The third kappa shape index (κ3) is 2.72. The highest BCUT2D eigenvalue weighted by atomic mass is 16.5. The van der Waals surface area contributed by atoms with Crippen LogP contribution in [0.2, 0.25) is 0 Å². The molecule has 0 aromatic heterocycles. The van der Waals surface area contributed by atoms with Crippen molar-refractivity contribution < 1.29 is 9.53 Å². The van der Waals surface area contributed by atoms with E-state index in [0.29, 0.717) is 0 Å². The largest absolute Gasteiger partial charge is 0.466 e. The van der Waals surface area contributed by atoms with Crippen LogP contribution in [-0.2, 0) is 9.53 Å². The number of hydrogen-bond donors (Lipinski definition) is 0. The van der Waals surface area contributed by atoms with Crippen molar-refractivity contribution in [1.29, 1.82) is 0 Å². The van der Waals surface area contributed by atoms with Crippen LogP contribution in [0.25, 0.3) is 0 Å². The first-order valence-corrected chi connectivity index (χ1v) is 6.84. The fourth-order valence-corrected chi connectivity index (χ4v) is 4.28. The summed E-state index contributed by atoms with van der Waals surface area (Å²) in [5.41, 5.74) is 0. The van der Waals surface area contributed by atoms with Gasteiger partial charge in [0, 0.05) is 6.08 Å². The quantitative estimate of drug-likeness (QED) is 0.515. The maximum atomic E-state index is 9.84. The average molecular weight is 236 g/mol. The van der Waals surface area contributed by atoms with Gasteiger partial charge in [-0.15, -0.1) is 0 Å². The predicted octanol–water partition coefficient (Wildman–Crippen LogP) is 3.42. The van der Waals surface area contributed by atoms with Crippen molar-refractivity contribution in [2.75, 3.05) is 7.11 Å². The van der Waals surface area contributed by atoms with Gasteiger partial charge in [0.2, 0.25) is 0 Å². The highest BCUT2D eigenvalue weighted by Crippen LogP contribution is 2.56. The Labute approximate surface area is 104 Å². The first kappa shape index (κ1) is 12.7. The third-order valence-electron chi connectivity index (χ3n) is 5.07. The van der Waals surface area contributed by atoms with E-state index in [2.05, 4.69) is 18.2 Å². The topological polar surface area (TPSA) is 26.3 Å². The van der Waals surface area contributed by atoms with Crippen molar-refractivity contribution in [1.82, 2.24) is 0 Å². The molecule has 2 heteroatoms. The second kappa shape index (κ2) is 5.24. The van der Waals surface area contributed by atoms with Gasteiger partial charge in [-0.05, 0) is 61.7 Å². The summed E-state index contributed by atoms with van der Waals surface area (Å²) in [5, 5.41) is 0. The molecule has 4 bridgehead atoms. The smallest absolute Gasteiger partial charge is 0.329 e. The Bertz CT molecular complexity index is 267.